The Balaban J connectivity index is 3.00. The third kappa shape index (κ3) is 2.26. The third-order valence-corrected chi connectivity index (χ3v) is 1.50. The van der Waals surface area contributed by atoms with Gasteiger partial charge in [-0.25, -0.2) is 4.98 Å². The van der Waals surface area contributed by atoms with Gasteiger partial charge in [-0.3, -0.25) is 4.99 Å². The second-order valence-electron chi connectivity index (χ2n) is 2.35. The Morgan fingerprint density at radius 2 is 2.38 bits per heavy atom. The lowest BCUT2D eigenvalue weighted by atomic mass is 10.2. The molecule has 0 radical (unpaired) electrons. The van der Waals surface area contributed by atoms with E-state index in [0.29, 0.717) is 11.7 Å². The standard InChI is InChI=1S/C8H11N5/c1-11-8(13-5-9)6-2-3-7(10)12-4-6/h2-5H,1H3,(H2,10,12)(H2,9,11,13)/p+1. The zero-order chi connectivity index (χ0) is 9.68. The van der Waals surface area contributed by atoms with Crippen LogP contribution < -0.4 is 16.5 Å². The Labute approximate surface area is 76.2 Å². The fourth-order valence-electron chi connectivity index (χ4n) is 0.903. The van der Waals surface area contributed by atoms with Gasteiger partial charge in [0.1, 0.15) is 5.82 Å². The first-order valence-electron chi connectivity index (χ1n) is 3.78. The summed E-state index contributed by atoms with van der Waals surface area (Å²) in [5, 5.41) is 0. The number of aliphatic imine (C=N–C) groups is 1. The first-order valence-corrected chi connectivity index (χ1v) is 3.78. The molecule has 0 saturated carbocycles. The molecule has 0 aromatic carbocycles. The minimum atomic E-state index is 0.482. The molecule has 1 heterocycles. The number of rotatable bonds is 1. The summed E-state index contributed by atoms with van der Waals surface area (Å²) in [7, 11) is 1.76. The Morgan fingerprint density at radius 3 is 2.85 bits per heavy atom. The first-order chi connectivity index (χ1) is 6.27. The zero-order valence-corrected chi connectivity index (χ0v) is 7.36. The van der Waals surface area contributed by atoms with Crippen molar-refractivity contribution in [3.05, 3.63) is 23.9 Å². The van der Waals surface area contributed by atoms with Gasteiger partial charge in [0.2, 0.25) is 6.34 Å². The third-order valence-electron chi connectivity index (χ3n) is 1.50. The number of nitrogens with two attached hydrogens (primary N) is 2. The van der Waals surface area contributed by atoms with Gasteiger partial charge in [0.25, 0.3) is 0 Å². The van der Waals surface area contributed by atoms with Gasteiger partial charge < -0.3 is 11.5 Å². The molecule has 0 saturated heterocycles. The molecule has 0 aliphatic heterocycles. The molecular formula is C8H12N5+. The summed E-state index contributed by atoms with van der Waals surface area (Å²) in [6, 6.07) is 3.53. The van der Waals surface area contributed by atoms with Crippen LogP contribution in [0.5, 0.6) is 0 Å². The maximum absolute atomic E-state index is 5.44. The Kier molecular flexibility index (Phi) is 2.97. The number of hydrogen-bond donors (Lipinski definition) is 3. The van der Waals surface area contributed by atoms with E-state index in [2.05, 4.69) is 15.0 Å². The van der Waals surface area contributed by atoms with Crippen molar-refractivity contribution in [2.75, 3.05) is 12.8 Å². The van der Waals surface area contributed by atoms with Crippen LogP contribution in [-0.2, 0) is 0 Å². The number of nitrogens with zero attached hydrogens (tertiary/aromatic N) is 2. The van der Waals surface area contributed by atoms with Crippen molar-refractivity contribution >= 4 is 18.0 Å². The second kappa shape index (κ2) is 4.20. The molecule has 0 fully saturated rings. The van der Waals surface area contributed by atoms with Gasteiger partial charge in [-0.1, -0.05) is 0 Å². The van der Waals surface area contributed by atoms with Gasteiger partial charge >= 0.3 is 5.84 Å². The maximum Gasteiger partial charge on any atom is 0.326 e. The van der Waals surface area contributed by atoms with Crippen LogP contribution in [0.4, 0.5) is 5.82 Å². The molecule has 0 unspecified atom stereocenters. The minimum Gasteiger partial charge on any atom is -0.384 e. The van der Waals surface area contributed by atoms with E-state index in [0.717, 1.165) is 5.56 Å². The average molecular weight is 178 g/mol. The number of nitrogens with one attached hydrogen (secondary N) is 1. The molecule has 68 valence electrons. The molecule has 1 aromatic rings. The van der Waals surface area contributed by atoms with Crippen molar-refractivity contribution in [3.63, 3.8) is 0 Å². The maximum atomic E-state index is 5.44. The molecule has 13 heavy (non-hydrogen) atoms. The summed E-state index contributed by atoms with van der Waals surface area (Å²) < 4.78 is 0. The predicted molar refractivity (Wildman–Crippen MR) is 52.3 cm³/mol. The van der Waals surface area contributed by atoms with Crippen LogP contribution in [-0.4, -0.2) is 24.2 Å². The van der Waals surface area contributed by atoms with Gasteiger partial charge in [0.05, 0.1) is 12.6 Å². The van der Waals surface area contributed by atoms with E-state index in [1.165, 1.54) is 6.34 Å². The normalized spacial score (nSPS) is 12.2. The van der Waals surface area contributed by atoms with Crippen LogP contribution in [0.25, 0.3) is 0 Å². The summed E-state index contributed by atoms with van der Waals surface area (Å²) in [6.07, 6.45) is 2.86. The molecule has 1 aromatic heterocycles. The summed E-state index contributed by atoms with van der Waals surface area (Å²) in [5.74, 6) is 1.14. The molecule has 1 rings (SSSR count). The van der Waals surface area contributed by atoms with E-state index in [1.54, 1.807) is 19.3 Å². The molecule has 5 N–H and O–H groups in total. The first kappa shape index (κ1) is 9.18. The number of anilines is 1. The zero-order valence-electron chi connectivity index (χ0n) is 7.36. The highest BCUT2D eigenvalue weighted by molar-refractivity contribution is 5.98. The van der Waals surface area contributed by atoms with Crippen LogP contribution in [0.2, 0.25) is 0 Å². The van der Waals surface area contributed by atoms with Crippen molar-refractivity contribution in [2.24, 2.45) is 10.7 Å². The number of hydrogen-bond acceptors (Lipinski definition) is 2. The van der Waals surface area contributed by atoms with E-state index in [-0.39, 0.29) is 0 Å². The summed E-state index contributed by atoms with van der Waals surface area (Å²) in [4.78, 5) is 10.7. The Hall–Kier alpha value is -1.91. The predicted octanol–water partition coefficient (Wildman–Crippen LogP) is -1.89. The molecule has 0 aliphatic rings. The number of pyridine rings is 1. The van der Waals surface area contributed by atoms with Gasteiger partial charge in [-0.2, -0.15) is 0 Å². The molecule has 0 aliphatic carbocycles. The topological polar surface area (TPSA) is 91.3 Å². The monoisotopic (exact) mass is 178 g/mol. The smallest absolute Gasteiger partial charge is 0.326 e. The van der Waals surface area contributed by atoms with Crippen LogP contribution in [0.1, 0.15) is 5.56 Å². The fourth-order valence-corrected chi connectivity index (χ4v) is 0.903. The highest BCUT2D eigenvalue weighted by Gasteiger charge is 2.07. The van der Waals surface area contributed by atoms with Crippen molar-refractivity contribution in [1.82, 2.24) is 4.98 Å². The highest BCUT2D eigenvalue weighted by atomic mass is 14.9. The van der Waals surface area contributed by atoms with Crippen molar-refractivity contribution in [3.8, 4) is 0 Å². The summed E-state index contributed by atoms with van der Waals surface area (Å²) in [5.41, 5.74) is 11.5. The Morgan fingerprint density at radius 1 is 1.62 bits per heavy atom. The van der Waals surface area contributed by atoms with E-state index >= 15 is 0 Å². The van der Waals surface area contributed by atoms with E-state index < -0.39 is 0 Å². The Bertz CT molecular complexity index is 325. The van der Waals surface area contributed by atoms with Crippen molar-refractivity contribution < 1.29 is 4.99 Å². The van der Waals surface area contributed by atoms with Crippen LogP contribution in [0.3, 0.4) is 0 Å². The van der Waals surface area contributed by atoms with Crippen LogP contribution >= 0.6 is 0 Å². The fraction of sp³-hybridized carbons (Fsp3) is 0.125. The minimum absolute atomic E-state index is 0.482. The number of nitrogen functional groups attached to an aromatic ring is 1. The van der Waals surface area contributed by atoms with Crippen LogP contribution in [0, 0.1) is 0 Å². The average Bonchev–Trinajstić information content (AvgIpc) is 2.16. The molecule has 0 amide bonds. The lowest BCUT2D eigenvalue weighted by Crippen LogP contribution is -2.67. The van der Waals surface area contributed by atoms with Gasteiger partial charge in [-0.05, 0) is 17.1 Å². The summed E-state index contributed by atoms with van der Waals surface area (Å²) in [6.45, 7) is 0. The molecule has 0 bridgehead atoms. The van der Waals surface area contributed by atoms with Gasteiger partial charge in [0, 0.05) is 6.20 Å². The van der Waals surface area contributed by atoms with Gasteiger partial charge in [0.15, 0.2) is 0 Å². The molecule has 5 heteroatoms. The molecule has 0 spiro atoms. The van der Waals surface area contributed by atoms with Gasteiger partial charge in [-0.15, -0.1) is 0 Å². The number of amidine groups is 1. The number of aromatic nitrogens is 1. The largest absolute Gasteiger partial charge is 0.384 e. The van der Waals surface area contributed by atoms with Crippen LogP contribution in [0.15, 0.2) is 23.3 Å². The van der Waals surface area contributed by atoms with Crippen molar-refractivity contribution in [1.29, 1.82) is 0 Å². The van der Waals surface area contributed by atoms with E-state index in [1.807, 2.05) is 6.07 Å². The van der Waals surface area contributed by atoms with E-state index in [4.69, 9.17) is 11.5 Å². The van der Waals surface area contributed by atoms with E-state index in [9.17, 15) is 0 Å². The van der Waals surface area contributed by atoms with Crippen molar-refractivity contribution in [2.45, 2.75) is 0 Å². The molecule has 0 atom stereocenters. The molecular weight excluding hydrogens is 166 g/mol. The summed E-state index contributed by atoms with van der Waals surface area (Å²) >= 11 is 0. The SMILES string of the molecule is C[NH+]=C(N=CN)c1ccc(N)nc1. The lowest BCUT2D eigenvalue weighted by molar-refractivity contribution is -0.420. The second-order valence-corrected chi connectivity index (χ2v) is 2.35. The highest BCUT2D eigenvalue weighted by Crippen LogP contribution is 2.00. The lowest BCUT2D eigenvalue weighted by Gasteiger charge is -1.93. The molecule has 5 nitrogen and oxygen atoms in total. The quantitative estimate of drug-likeness (QED) is 0.347.